The van der Waals surface area contributed by atoms with E-state index in [0.29, 0.717) is 46.0 Å². The van der Waals surface area contributed by atoms with Crippen LogP contribution in [-0.4, -0.2) is 137 Å². The number of nitrogens with one attached hydrogen (secondary N) is 5. The number of halogens is 1. The lowest BCUT2D eigenvalue weighted by atomic mass is 9.73. The van der Waals surface area contributed by atoms with Crippen molar-refractivity contribution in [2.45, 2.75) is 201 Å². The van der Waals surface area contributed by atoms with E-state index in [0.717, 1.165) is 90.4 Å². The van der Waals surface area contributed by atoms with Crippen molar-refractivity contribution in [3.63, 3.8) is 0 Å². The van der Waals surface area contributed by atoms with Crippen molar-refractivity contribution in [2.24, 2.45) is 34.1 Å². The molecule has 6 heterocycles. The number of likely N-dealkylation sites (tertiary alicyclic amines) is 2. The molecule has 0 aromatic heterocycles. The van der Waals surface area contributed by atoms with Gasteiger partial charge in [-0.1, -0.05) is 13.8 Å². The third-order valence-corrected chi connectivity index (χ3v) is 19.2. The molecule has 60 heavy (non-hydrogen) atoms. The van der Waals surface area contributed by atoms with Crippen LogP contribution in [0, 0.1) is 40.4 Å². The number of hydrazine groups is 2. The quantitative estimate of drug-likeness (QED) is 0.212. The largest absolute Gasteiger partial charge is 0.380 e. The lowest BCUT2D eigenvalue weighted by Crippen LogP contribution is -2.62. The zero-order chi connectivity index (χ0) is 41.7. The van der Waals surface area contributed by atoms with E-state index < -0.39 is 0 Å². The summed E-state index contributed by atoms with van der Waals surface area (Å²) < 4.78 is 12.1. The molecule has 9 rings (SSSR count). The van der Waals surface area contributed by atoms with Gasteiger partial charge < -0.3 is 14.8 Å². The lowest BCUT2D eigenvalue weighted by molar-refractivity contribution is -0.126. The van der Waals surface area contributed by atoms with Gasteiger partial charge in [-0.05, 0) is 134 Å². The number of rotatable bonds is 8. The summed E-state index contributed by atoms with van der Waals surface area (Å²) in [4.78, 5) is 27.0. The molecule has 3 aliphatic carbocycles. The van der Waals surface area contributed by atoms with E-state index in [2.05, 4.69) is 87.2 Å². The van der Waals surface area contributed by atoms with Crippen LogP contribution in [0.3, 0.4) is 0 Å². The maximum atomic E-state index is 13.4. The second-order valence-corrected chi connectivity index (χ2v) is 22.7. The van der Waals surface area contributed by atoms with Crippen LogP contribution in [0.2, 0.25) is 0 Å². The van der Waals surface area contributed by atoms with Crippen LogP contribution in [-0.2, 0) is 14.3 Å². The van der Waals surface area contributed by atoms with Gasteiger partial charge in [0, 0.05) is 61.0 Å². The highest BCUT2D eigenvalue weighted by Crippen LogP contribution is 2.51. The van der Waals surface area contributed by atoms with Crippen LogP contribution in [0.15, 0.2) is 4.99 Å². The molecule has 13 nitrogen and oxygen atoms in total. The van der Waals surface area contributed by atoms with E-state index >= 15 is 0 Å². The molecule has 1 spiro atoms. The average molecular weight is 872 g/mol. The number of methoxy groups -OCH3 is 1. The van der Waals surface area contributed by atoms with E-state index in [1.807, 2.05) is 0 Å². The summed E-state index contributed by atoms with van der Waals surface area (Å²) in [5.74, 6) is 1.66. The fourth-order valence-electron chi connectivity index (χ4n) is 13.2. The standard InChI is InChI=1S/C45H75ClN10O3S/c1-26-28(3)60-44-40(26)41(48-27(2)42-53-50-29(4)56(42)44)30-7-14-37(35(46)22-30)54-19-16-45(17-20-54)18-21-55(25-45)39-15-13-36(51-52-39)43(57)49-32-8-11-33(12-9-32)59-34-10-6-31(24-47)38(23-34)58-5/h26-40,42,44,50-53H,6-23,25H2,1-5H3,(H,49,57)/t26?,27-,28?,29?,30?,31?,32?,33?,34?,35?,36?,37?,38?,39?,40?,42?,44?/m0/s1. The van der Waals surface area contributed by atoms with Crippen molar-refractivity contribution in [3.8, 4) is 6.07 Å². The minimum Gasteiger partial charge on any atom is -0.380 e. The average Bonchev–Trinajstić information content (AvgIpc) is 3.92. The Morgan fingerprint density at radius 1 is 0.900 bits per heavy atom. The van der Waals surface area contributed by atoms with Crippen molar-refractivity contribution in [3.05, 3.63) is 0 Å². The lowest BCUT2D eigenvalue weighted by Gasteiger charge is -2.47. The van der Waals surface area contributed by atoms with Gasteiger partial charge in [-0.25, -0.2) is 21.7 Å². The maximum absolute atomic E-state index is 13.4. The molecule has 0 bridgehead atoms. The SMILES string of the molecule is COC1CC(OC2CCC(NC(=O)C3CCC(N4CCC5(CCN(C6CCC(C7=N[C@@H](C)C8NNC(C)N8C8SC(C)C(C)C78)CC6Cl)CC5)C4)NN3)CC2)CCC1C#N. The molecule has 5 saturated heterocycles. The third kappa shape index (κ3) is 8.96. The number of hydrogen-bond acceptors (Lipinski definition) is 13. The molecular formula is C45H75ClN10O3S. The van der Waals surface area contributed by atoms with Gasteiger partial charge in [-0.3, -0.25) is 24.5 Å². The first kappa shape index (κ1) is 44.1. The van der Waals surface area contributed by atoms with Gasteiger partial charge in [-0.15, -0.1) is 23.4 Å². The van der Waals surface area contributed by atoms with Crippen molar-refractivity contribution >= 4 is 35.0 Å². The zero-order valence-corrected chi connectivity index (χ0v) is 38.6. The van der Waals surface area contributed by atoms with Crippen molar-refractivity contribution in [2.75, 3.05) is 33.3 Å². The van der Waals surface area contributed by atoms with Crippen molar-refractivity contribution < 1.29 is 14.3 Å². The first-order valence-electron chi connectivity index (χ1n) is 24.1. The highest BCUT2D eigenvalue weighted by Gasteiger charge is 2.54. The number of carbonyl (C=O) groups is 1. The monoisotopic (exact) mass is 871 g/mol. The highest BCUT2D eigenvalue weighted by atomic mass is 35.5. The normalized spacial score (nSPS) is 46.6. The molecule has 8 fully saturated rings. The Morgan fingerprint density at radius 3 is 2.35 bits per heavy atom. The van der Waals surface area contributed by atoms with Crippen LogP contribution < -0.4 is 27.0 Å². The number of amides is 1. The Balaban J connectivity index is 0.697. The van der Waals surface area contributed by atoms with E-state index in [1.165, 1.54) is 37.8 Å². The van der Waals surface area contributed by atoms with Gasteiger partial charge in [0.15, 0.2) is 0 Å². The van der Waals surface area contributed by atoms with Gasteiger partial charge in [0.25, 0.3) is 0 Å². The molecule has 5 N–H and O–H groups in total. The molecule has 15 heteroatoms. The number of piperidine rings is 1. The Hall–Kier alpha value is -1.09. The molecule has 336 valence electrons. The van der Waals surface area contributed by atoms with Crippen molar-refractivity contribution in [1.29, 1.82) is 5.26 Å². The molecule has 3 saturated carbocycles. The van der Waals surface area contributed by atoms with E-state index in [4.69, 9.17) is 26.1 Å². The second-order valence-electron chi connectivity index (χ2n) is 20.6. The number of ether oxygens (including phenoxy) is 2. The van der Waals surface area contributed by atoms with E-state index in [9.17, 15) is 10.1 Å². The van der Waals surface area contributed by atoms with E-state index in [-0.39, 0.29) is 66.0 Å². The molecule has 6 aliphatic heterocycles. The summed E-state index contributed by atoms with van der Waals surface area (Å²) in [6.07, 6.45) is 16.6. The van der Waals surface area contributed by atoms with Crippen LogP contribution in [0.25, 0.3) is 0 Å². The summed E-state index contributed by atoms with van der Waals surface area (Å²) in [6.45, 7) is 14.0. The van der Waals surface area contributed by atoms with Gasteiger partial charge in [0.05, 0.1) is 60.2 Å². The molecule has 14 unspecified atom stereocenters. The minimum absolute atomic E-state index is 0.0278. The summed E-state index contributed by atoms with van der Waals surface area (Å²) in [5, 5.41) is 14.0. The third-order valence-electron chi connectivity index (χ3n) is 17.1. The molecule has 15 atom stereocenters. The van der Waals surface area contributed by atoms with Gasteiger partial charge in [-0.2, -0.15) is 5.26 Å². The summed E-state index contributed by atoms with van der Waals surface area (Å²) in [7, 11) is 1.70. The summed E-state index contributed by atoms with van der Waals surface area (Å²) in [5.41, 5.74) is 15.9. The van der Waals surface area contributed by atoms with Crippen LogP contribution in [0.4, 0.5) is 0 Å². The smallest absolute Gasteiger partial charge is 0.238 e. The number of nitriles is 1. The molecule has 1 amide bonds. The number of carbonyl (C=O) groups excluding carboxylic acids is 1. The number of nitrogens with zero attached hydrogens (tertiary/aromatic N) is 5. The van der Waals surface area contributed by atoms with Crippen molar-refractivity contribution in [1.82, 2.24) is 41.7 Å². The first-order chi connectivity index (χ1) is 29.0. The fourth-order valence-corrected chi connectivity index (χ4v) is 15.6. The topological polar surface area (TPSA) is 142 Å². The Kier molecular flexibility index (Phi) is 13.8. The maximum Gasteiger partial charge on any atom is 0.238 e. The Morgan fingerprint density at radius 2 is 1.65 bits per heavy atom. The number of fused-ring (bicyclic) bond motifs is 3. The Bertz CT molecular complexity index is 1570. The molecule has 9 aliphatic rings. The highest BCUT2D eigenvalue weighted by molar-refractivity contribution is 8.00. The van der Waals surface area contributed by atoms with Gasteiger partial charge >= 0.3 is 0 Å². The zero-order valence-electron chi connectivity index (χ0n) is 37.0. The van der Waals surface area contributed by atoms with Crippen LogP contribution in [0.5, 0.6) is 0 Å². The van der Waals surface area contributed by atoms with Gasteiger partial charge in [0.2, 0.25) is 5.91 Å². The summed E-state index contributed by atoms with van der Waals surface area (Å²) >= 11 is 9.61. The minimum atomic E-state index is -0.200. The van der Waals surface area contributed by atoms with E-state index in [1.54, 1.807) is 7.11 Å². The van der Waals surface area contributed by atoms with Crippen LogP contribution >= 0.6 is 23.4 Å². The number of hydrogen-bond donors (Lipinski definition) is 5. The molecule has 0 radical (unpaired) electrons. The number of thioether (sulfide) groups is 1. The number of alkyl halides is 1. The summed E-state index contributed by atoms with van der Waals surface area (Å²) in [6, 6.07) is 3.07. The molecular weight excluding hydrogens is 796 g/mol. The molecule has 0 aromatic rings. The predicted molar refractivity (Wildman–Crippen MR) is 238 cm³/mol. The van der Waals surface area contributed by atoms with Crippen LogP contribution in [0.1, 0.15) is 124 Å². The Labute approximate surface area is 369 Å². The van der Waals surface area contributed by atoms with Gasteiger partial charge in [0.1, 0.15) is 6.04 Å². The second kappa shape index (κ2) is 18.8. The number of aliphatic imine (C=N–C) groups is 1. The first-order valence-corrected chi connectivity index (χ1v) is 25.4. The fraction of sp³-hybridized carbons (Fsp3) is 0.933. The predicted octanol–water partition coefficient (Wildman–Crippen LogP) is 4.92. The molecule has 0 aromatic carbocycles.